The second-order valence-corrected chi connectivity index (χ2v) is 21.3. The largest absolute Gasteiger partial charge is 0.479 e. The summed E-state index contributed by atoms with van der Waals surface area (Å²) >= 11 is 0. The molecular weight excluding hydrogens is 1020 g/mol. The molecule has 12 nitrogen and oxygen atoms in total. The Morgan fingerprint density at radius 1 is 0.420 bits per heavy atom. The topological polar surface area (TPSA) is 175 Å². The SMILES string of the molecule is CC/C=C\C/C=C\C/C=C\CCCCCCCCCC(=O)OCC(COC1OC(C(=O)O)C(O)C(O)C1OC(=O)CCCCCCCC/C=C\C/C=C\C/C=C\CCCCC)OC(=O)CCCCCCC/C=C\C/C=C\C/C=C\CC. The van der Waals surface area contributed by atoms with Crippen molar-refractivity contribution in [2.45, 2.75) is 289 Å². The van der Waals surface area contributed by atoms with Crippen LogP contribution >= 0.6 is 0 Å². The fourth-order valence-corrected chi connectivity index (χ4v) is 8.99. The first-order chi connectivity index (χ1) is 39.6. The summed E-state index contributed by atoms with van der Waals surface area (Å²) in [6.45, 7) is 5.73. The van der Waals surface area contributed by atoms with Crippen molar-refractivity contribution in [2.24, 2.45) is 0 Å². The number of carbonyl (C=O) groups is 4. The van der Waals surface area contributed by atoms with Crippen molar-refractivity contribution in [3.63, 3.8) is 0 Å². The van der Waals surface area contributed by atoms with Crippen LogP contribution in [0.25, 0.3) is 0 Å². The van der Waals surface area contributed by atoms with Crippen molar-refractivity contribution in [3.05, 3.63) is 109 Å². The minimum Gasteiger partial charge on any atom is -0.479 e. The van der Waals surface area contributed by atoms with Gasteiger partial charge in [-0.05, 0) is 122 Å². The van der Waals surface area contributed by atoms with Gasteiger partial charge in [-0.2, -0.15) is 0 Å². The average molecular weight is 1130 g/mol. The molecule has 0 spiro atoms. The second-order valence-electron chi connectivity index (χ2n) is 21.3. The van der Waals surface area contributed by atoms with Crippen molar-refractivity contribution in [3.8, 4) is 0 Å². The molecule has 1 saturated heterocycles. The predicted molar refractivity (Wildman–Crippen MR) is 330 cm³/mol. The zero-order chi connectivity index (χ0) is 58.9. The third-order valence-corrected chi connectivity index (χ3v) is 13.8. The molecule has 0 aliphatic carbocycles. The van der Waals surface area contributed by atoms with E-state index in [0.717, 1.165) is 167 Å². The van der Waals surface area contributed by atoms with E-state index in [1.807, 2.05) is 0 Å². The third-order valence-electron chi connectivity index (χ3n) is 13.8. The Kier molecular flexibility index (Phi) is 51.3. The van der Waals surface area contributed by atoms with Gasteiger partial charge in [0.1, 0.15) is 18.8 Å². The normalized spacial score (nSPS) is 18.5. The van der Waals surface area contributed by atoms with Gasteiger partial charge in [-0.3, -0.25) is 14.4 Å². The molecule has 460 valence electrons. The number of aliphatic hydroxyl groups is 2. The Labute approximate surface area is 491 Å². The zero-order valence-corrected chi connectivity index (χ0v) is 50.7. The summed E-state index contributed by atoms with van der Waals surface area (Å²) in [4.78, 5) is 51.3. The lowest BCUT2D eigenvalue weighted by Crippen LogP contribution is -2.61. The number of aliphatic carboxylic acids is 1. The van der Waals surface area contributed by atoms with E-state index in [2.05, 4.69) is 130 Å². The molecule has 0 aromatic heterocycles. The number of hydrogen-bond donors (Lipinski definition) is 3. The van der Waals surface area contributed by atoms with Crippen molar-refractivity contribution in [2.75, 3.05) is 13.2 Å². The minimum absolute atomic E-state index is 0.0379. The number of allylic oxidation sites excluding steroid dienone is 18. The van der Waals surface area contributed by atoms with Crippen molar-refractivity contribution >= 4 is 23.9 Å². The average Bonchev–Trinajstić information content (AvgIpc) is 3.53. The van der Waals surface area contributed by atoms with Gasteiger partial charge < -0.3 is 39.0 Å². The highest BCUT2D eigenvalue weighted by atomic mass is 16.7. The molecule has 0 radical (unpaired) electrons. The monoisotopic (exact) mass is 1130 g/mol. The predicted octanol–water partition coefficient (Wildman–Crippen LogP) is 17.0. The number of aliphatic hydroxyl groups excluding tert-OH is 2. The summed E-state index contributed by atoms with van der Waals surface area (Å²) in [5, 5.41) is 31.6. The Morgan fingerprint density at radius 3 is 1.19 bits per heavy atom. The fraction of sp³-hybridized carbons (Fsp3) is 0.681. The minimum atomic E-state index is -1.92. The highest BCUT2D eigenvalue weighted by Crippen LogP contribution is 2.26. The van der Waals surface area contributed by atoms with Crippen LogP contribution in [0.2, 0.25) is 0 Å². The number of hydrogen-bond acceptors (Lipinski definition) is 11. The molecule has 6 atom stereocenters. The van der Waals surface area contributed by atoms with Crippen LogP contribution in [0.1, 0.15) is 252 Å². The second kappa shape index (κ2) is 55.9. The summed E-state index contributed by atoms with van der Waals surface area (Å²) in [5.74, 6) is -3.18. The maximum Gasteiger partial charge on any atom is 0.335 e. The first kappa shape index (κ1) is 74.4. The van der Waals surface area contributed by atoms with Crippen molar-refractivity contribution in [1.29, 1.82) is 0 Å². The van der Waals surface area contributed by atoms with E-state index in [1.54, 1.807) is 0 Å². The van der Waals surface area contributed by atoms with Gasteiger partial charge in [-0.1, -0.05) is 220 Å². The fourth-order valence-electron chi connectivity index (χ4n) is 8.99. The number of rotatable bonds is 53. The molecule has 0 aromatic carbocycles. The number of carbonyl (C=O) groups excluding carboxylic acids is 3. The van der Waals surface area contributed by atoms with Crippen LogP contribution in [0.4, 0.5) is 0 Å². The molecule has 3 N–H and O–H groups in total. The Morgan fingerprint density at radius 2 is 0.778 bits per heavy atom. The van der Waals surface area contributed by atoms with Crippen LogP contribution < -0.4 is 0 Å². The van der Waals surface area contributed by atoms with E-state index in [-0.39, 0.29) is 25.9 Å². The van der Waals surface area contributed by atoms with E-state index < -0.39 is 67.3 Å². The van der Waals surface area contributed by atoms with Gasteiger partial charge in [0.25, 0.3) is 0 Å². The molecule has 1 rings (SSSR count). The summed E-state index contributed by atoms with van der Waals surface area (Å²) in [6.07, 6.45) is 63.2. The quantitative estimate of drug-likeness (QED) is 0.0228. The Balaban J connectivity index is 2.69. The molecule has 0 amide bonds. The first-order valence-corrected chi connectivity index (χ1v) is 31.9. The molecule has 0 saturated carbocycles. The van der Waals surface area contributed by atoms with E-state index in [9.17, 15) is 34.5 Å². The lowest BCUT2D eigenvalue weighted by Gasteiger charge is -2.40. The standard InChI is InChI=1S/C69H112O12/c1-4-7-10-13-16-19-22-25-28-30-31-33-36-39-42-45-48-51-54-57-63(72)80-67-65(74)64(73)66(68(75)76)81-69(67)78-59-60(79-62(71)56-53-50-47-44-41-38-34-27-24-21-18-15-12-9-6-3)58-77-61(70)55-52-49-46-43-40-37-35-32-29-26-23-20-17-14-11-8-5-2/h8-9,11-12,16-21,25-29,31,33-34,60,64-67,69,73-74H,4-7,10,13-15,22-24,30,32,35-59H2,1-3H3,(H,75,76)/b11-8-,12-9-,19-16-,20-17-,21-18-,28-25-,29-26-,33-31-,34-27-. The van der Waals surface area contributed by atoms with Gasteiger partial charge in [-0.25, -0.2) is 4.79 Å². The van der Waals surface area contributed by atoms with E-state index >= 15 is 0 Å². The highest BCUT2D eigenvalue weighted by Gasteiger charge is 2.50. The molecule has 12 heteroatoms. The zero-order valence-electron chi connectivity index (χ0n) is 50.7. The molecule has 1 heterocycles. The number of carboxylic acid groups (broad SMARTS) is 1. The van der Waals surface area contributed by atoms with Crippen LogP contribution in [0.3, 0.4) is 0 Å². The summed E-state index contributed by atoms with van der Waals surface area (Å²) in [7, 11) is 0. The molecule has 81 heavy (non-hydrogen) atoms. The molecule has 1 aliphatic heterocycles. The number of ether oxygens (including phenoxy) is 5. The van der Waals surface area contributed by atoms with Gasteiger partial charge in [0.2, 0.25) is 0 Å². The van der Waals surface area contributed by atoms with Crippen LogP contribution in [0.5, 0.6) is 0 Å². The Hall–Kier alpha value is -4.62. The van der Waals surface area contributed by atoms with Crippen molar-refractivity contribution < 1.29 is 58.2 Å². The van der Waals surface area contributed by atoms with Gasteiger partial charge in [0.05, 0.1) is 6.61 Å². The van der Waals surface area contributed by atoms with Gasteiger partial charge in [0, 0.05) is 19.3 Å². The summed E-state index contributed by atoms with van der Waals surface area (Å²) in [5.41, 5.74) is 0. The van der Waals surface area contributed by atoms with E-state index in [1.165, 1.54) is 25.7 Å². The van der Waals surface area contributed by atoms with E-state index in [4.69, 9.17) is 23.7 Å². The molecule has 1 fully saturated rings. The van der Waals surface area contributed by atoms with Gasteiger partial charge in [-0.15, -0.1) is 0 Å². The van der Waals surface area contributed by atoms with Gasteiger partial charge in [0.15, 0.2) is 24.6 Å². The number of carboxylic acids is 1. The van der Waals surface area contributed by atoms with Gasteiger partial charge >= 0.3 is 23.9 Å². The smallest absolute Gasteiger partial charge is 0.335 e. The maximum atomic E-state index is 13.2. The molecule has 6 unspecified atom stereocenters. The first-order valence-electron chi connectivity index (χ1n) is 31.9. The summed E-state index contributed by atoms with van der Waals surface area (Å²) in [6, 6.07) is 0. The van der Waals surface area contributed by atoms with Crippen molar-refractivity contribution in [1.82, 2.24) is 0 Å². The molecule has 0 bridgehead atoms. The maximum absolute atomic E-state index is 13.2. The lowest BCUT2D eigenvalue weighted by molar-refractivity contribution is -0.301. The highest BCUT2D eigenvalue weighted by molar-refractivity contribution is 5.74. The Bertz CT molecular complexity index is 1820. The van der Waals surface area contributed by atoms with Crippen LogP contribution in [0, 0.1) is 0 Å². The molecule has 1 aliphatic rings. The van der Waals surface area contributed by atoms with Crippen LogP contribution in [-0.2, 0) is 42.9 Å². The third kappa shape index (κ3) is 45.6. The molecule has 0 aromatic rings. The molecular formula is C69H112O12. The number of unbranched alkanes of at least 4 members (excludes halogenated alkanes) is 21. The van der Waals surface area contributed by atoms with Crippen LogP contribution in [-0.4, -0.2) is 89.2 Å². The number of esters is 3. The lowest BCUT2D eigenvalue weighted by atomic mass is 9.98. The van der Waals surface area contributed by atoms with Crippen LogP contribution in [0.15, 0.2) is 109 Å². The summed E-state index contributed by atoms with van der Waals surface area (Å²) < 4.78 is 28.5. The van der Waals surface area contributed by atoms with E-state index in [0.29, 0.717) is 19.3 Å².